The summed E-state index contributed by atoms with van der Waals surface area (Å²) in [6.45, 7) is 6.46. The Morgan fingerprint density at radius 1 is 1.35 bits per heavy atom. The standard InChI is InChI=1S/C17H22N2O4/c1-16(2)11-8-9-17(3,10-11)14(16)23-15(20)18-12-6-4-5-7-13(12)19(21)22/h4-7,11,14H,8-10H2,1-3H3,(H,18,20). The fraction of sp³-hybridized carbons (Fsp3) is 0.588. The molecule has 0 spiro atoms. The molecular weight excluding hydrogens is 296 g/mol. The summed E-state index contributed by atoms with van der Waals surface area (Å²) in [5.41, 5.74) is -0.0300. The van der Waals surface area contributed by atoms with Crippen molar-refractivity contribution in [1.82, 2.24) is 0 Å². The van der Waals surface area contributed by atoms with Gasteiger partial charge in [-0.3, -0.25) is 15.4 Å². The van der Waals surface area contributed by atoms with Gasteiger partial charge in [0.05, 0.1) is 4.92 Å². The second-order valence-corrected chi connectivity index (χ2v) is 7.60. The smallest absolute Gasteiger partial charge is 0.412 e. The van der Waals surface area contributed by atoms with Crippen molar-refractivity contribution >= 4 is 17.5 Å². The van der Waals surface area contributed by atoms with E-state index in [1.807, 2.05) is 0 Å². The number of nitrogens with one attached hydrogen (secondary N) is 1. The molecule has 2 aliphatic rings. The van der Waals surface area contributed by atoms with Crippen LogP contribution < -0.4 is 5.32 Å². The van der Waals surface area contributed by atoms with Crippen LogP contribution in [0.25, 0.3) is 0 Å². The lowest BCUT2D eigenvalue weighted by Gasteiger charge is -2.41. The highest BCUT2D eigenvalue weighted by atomic mass is 16.6. The van der Waals surface area contributed by atoms with Crippen molar-refractivity contribution in [3.05, 3.63) is 34.4 Å². The highest BCUT2D eigenvalue weighted by Gasteiger charge is 2.61. The number of ether oxygens (including phenoxy) is 1. The third kappa shape index (κ3) is 2.56. The summed E-state index contributed by atoms with van der Waals surface area (Å²) in [6.07, 6.45) is 2.52. The lowest BCUT2D eigenvalue weighted by atomic mass is 9.70. The largest absolute Gasteiger partial charge is 0.445 e. The van der Waals surface area contributed by atoms with Crippen molar-refractivity contribution in [2.45, 2.75) is 46.1 Å². The fourth-order valence-electron chi connectivity index (χ4n) is 4.54. The van der Waals surface area contributed by atoms with Crippen LogP contribution >= 0.6 is 0 Å². The Hall–Kier alpha value is -2.11. The van der Waals surface area contributed by atoms with Crippen LogP contribution in [0, 0.1) is 26.9 Å². The number of nitro benzene ring substituents is 1. The van der Waals surface area contributed by atoms with Crippen molar-refractivity contribution < 1.29 is 14.5 Å². The quantitative estimate of drug-likeness (QED) is 0.663. The highest BCUT2D eigenvalue weighted by molar-refractivity contribution is 5.87. The van der Waals surface area contributed by atoms with Crippen molar-refractivity contribution in [3.63, 3.8) is 0 Å². The number of benzene rings is 1. The van der Waals surface area contributed by atoms with Crippen LogP contribution in [0.5, 0.6) is 0 Å². The molecule has 23 heavy (non-hydrogen) atoms. The first-order valence-corrected chi connectivity index (χ1v) is 7.95. The molecule has 2 saturated carbocycles. The van der Waals surface area contributed by atoms with Crippen LogP contribution in [0.1, 0.15) is 40.0 Å². The van der Waals surface area contributed by atoms with Crippen molar-refractivity contribution in [2.24, 2.45) is 16.7 Å². The monoisotopic (exact) mass is 318 g/mol. The van der Waals surface area contributed by atoms with E-state index >= 15 is 0 Å². The second-order valence-electron chi connectivity index (χ2n) is 7.60. The number of nitro groups is 1. The third-order valence-corrected chi connectivity index (χ3v) is 5.70. The first kappa shape index (κ1) is 15.8. The molecule has 0 radical (unpaired) electrons. The van der Waals surface area contributed by atoms with E-state index in [1.165, 1.54) is 18.6 Å². The molecule has 1 amide bonds. The molecule has 1 aromatic carbocycles. The maximum Gasteiger partial charge on any atom is 0.412 e. The molecule has 124 valence electrons. The van der Waals surface area contributed by atoms with Gasteiger partial charge in [-0.1, -0.05) is 32.9 Å². The number of carbonyl (C=O) groups excluding carboxylic acids is 1. The maximum atomic E-state index is 12.3. The van der Waals surface area contributed by atoms with Gasteiger partial charge in [0.15, 0.2) is 0 Å². The normalized spacial score (nSPS) is 30.9. The molecule has 2 aliphatic carbocycles. The van der Waals surface area contributed by atoms with E-state index in [2.05, 4.69) is 26.1 Å². The van der Waals surface area contributed by atoms with Gasteiger partial charge in [-0.05, 0) is 31.2 Å². The lowest BCUT2D eigenvalue weighted by Crippen LogP contribution is -2.44. The summed E-state index contributed by atoms with van der Waals surface area (Å²) in [4.78, 5) is 22.8. The zero-order valence-corrected chi connectivity index (χ0v) is 13.7. The molecule has 0 saturated heterocycles. The Balaban J connectivity index is 1.75. The topological polar surface area (TPSA) is 81.5 Å². The van der Waals surface area contributed by atoms with E-state index in [4.69, 9.17) is 4.74 Å². The Morgan fingerprint density at radius 3 is 2.65 bits per heavy atom. The Kier molecular flexibility index (Phi) is 3.58. The number of fused-ring (bicyclic) bond motifs is 2. The van der Waals surface area contributed by atoms with Crippen LogP contribution in [-0.2, 0) is 4.74 Å². The predicted octanol–water partition coefficient (Wildman–Crippen LogP) is 4.36. The van der Waals surface area contributed by atoms with Crippen molar-refractivity contribution in [2.75, 3.05) is 5.32 Å². The molecule has 3 rings (SSSR count). The molecule has 1 aromatic rings. The lowest BCUT2D eigenvalue weighted by molar-refractivity contribution is -0.383. The van der Waals surface area contributed by atoms with E-state index in [9.17, 15) is 14.9 Å². The van der Waals surface area contributed by atoms with Gasteiger partial charge in [-0.2, -0.15) is 0 Å². The maximum absolute atomic E-state index is 12.3. The zero-order valence-electron chi connectivity index (χ0n) is 13.7. The molecule has 0 aromatic heterocycles. The van der Waals surface area contributed by atoms with Crippen molar-refractivity contribution in [1.29, 1.82) is 0 Å². The SMILES string of the molecule is CC12CCC(C1)C(C)(C)C2OC(=O)Nc1ccccc1[N+](=O)[O-]. The van der Waals surface area contributed by atoms with E-state index in [0.717, 1.165) is 12.8 Å². The van der Waals surface area contributed by atoms with Crippen LogP contribution in [0.2, 0.25) is 0 Å². The summed E-state index contributed by atoms with van der Waals surface area (Å²) in [5, 5.41) is 13.5. The Bertz CT molecular complexity index is 653. The van der Waals surface area contributed by atoms with Crippen LogP contribution in [0.3, 0.4) is 0 Å². The second kappa shape index (κ2) is 5.22. The van der Waals surface area contributed by atoms with Crippen molar-refractivity contribution in [3.8, 4) is 0 Å². The number of anilines is 1. The van der Waals surface area contributed by atoms with E-state index in [0.29, 0.717) is 5.92 Å². The molecule has 3 atom stereocenters. The molecular formula is C17H22N2O4. The summed E-state index contributed by atoms with van der Waals surface area (Å²) in [6, 6.07) is 6.07. The Labute approximate surface area is 135 Å². The number of rotatable bonds is 3. The van der Waals surface area contributed by atoms with Gasteiger partial charge in [0.25, 0.3) is 5.69 Å². The number of amides is 1. The number of hydrogen-bond donors (Lipinski definition) is 1. The van der Waals surface area contributed by atoms with Crippen LogP contribution in [0.4, 0.5) is 16.2 Å². The summed E-state index contributed by atoms with van der Waals surface area (Å²) in [7, 11) is 0. The van der Waals surface area contributed by atoms with Crippen LogP contribution in [-0.4, -0.2) is 17.1 Å². The van der Waals surface area contributed by atoms with Gasteiger partial charge in [0, 0.05) is 16.9 Å². The highest BCUT2D eigenvalue weighted by Crippen LogP contribution is 2.63. The van der Waals surface area contributed by atoms with Gasteiger partial charge in [0.1, 0.15) is 11.8 Å². The van der Waals surface area contributed by atoms with Gasteiger partial charge >= 0.3 is 6.09 Å². The van der Waals surface area contributed by atoms with E-state index in [-0.39, 0.29) is 28.3 Å². The van der Waals surface area contributed by atoms with Gasteiger partial charge in [0.2, 0.25) is 0 Å². The summed E-state index contributed by atoms with van der Waals surface area (Å²) in [5.74, 6) is 0.566. The molecule has 6 nitrogen and oxygen atoms in total. The van der Waals surface area contributed by atoms with Crippen LogP contribution in [0.15, 0.2) is 24.3 Å². The minimum absolute atomic E-state index is 0.00806. The first-order valence-electron chi connectivity index (χ1n) is 7.95. The average Bonchev–Trinajstić information content (AvgIpc) is 2.95. The average molecular weight is 318 g/mol. The number of nitrogens with zero attached hydrogens (tertiary/aromatic N) is 1. The minimum Gasteiger partial charge on any atom is -0.445 e. The van der Waals surface area contributed by atoms with Gasteiger partial charge in [-0.15, -0.1) is 0 Å². The Morgan fingerprint density at radius 2 is 2.04 bits per heavy atom. The first-order chi connectivity index (χ1) is 10.7. The summed E-state index contributed by atoms with van der Waals surface area (Å²) >= 11 is 0. The molecule has 0 heterocycles. The molecule has 3 unspecified atom stereocenters. The number of carbonyl (C=O) groups is 1. The minimum atomic E-state index is -0.619. The molecule has 1 N–H and O–H groups in total. The van der Waals surface area contributed by atoms with E-state index < -0.39 is 11.0 Å². The number of hydrogen-bond acceptors (Lipinski definition) is 4. The third-order valence-electron chi connectivity index (χ3n) is 5.70. The summed E-state index contributed by atoms with van der Waals surface area (Å²) < 4.78 is 5.73. The van der Waals surface area contributed by atoms with E-state index in [1.54, 1.807) is 12.1 Å². The number of para-hydroxylation sites is 2. The molecule has 6 heteroatoms. The zero-order chi connectivity index (χ0) is 16.8. The molecule has 2 fully saturated rings. The molecule has 2 bridgehead atoms. The predicted molar refractivity (Wildman–Crippen MR) is 86.2 cm³/mol. The molecule has 0 aliphatic heterocycles. The van der Waals surface area contributed by atoms with Gasteiger partial charge < -0.3 is 4.74 Å². The van der Waals surface area contributed by atoms with Gasteiger partial charge in [-0.25, -0.2) is 4.79 Å². The fourth-order valence-corrected chi connectivity index (χ4v) is 4.54.